The monoisotopic (exact) mass is 305 g/mol. The summed E-state index contributed by atoms with van der Waals surface area (Å²) in [4.78, 5) is 11.1. The van der Waals surface area contributed by atoms with E-state index in [4.69, 9.17) is 5.11 Å². The number of rotatable bonds is 4. The van der Waals surface area contributed by atoms with Crippen molar-refractivity contribution in [3.05, 3.63) is 17.0 Å². The van der Waals surface area contributed by atoms with Gasteiger partial charge in [-0.2, -0.15) is 4.31 Å². The van der Waals surface area contributed by atoms with Gasteiger partial charge < -0.3 is 10.2 Å². The highest BCUT2D eigenvalue weighted by molar-refractivity contribution is 7.91. The fraction of sp³-hybridized carbons (Fsp3) is 0.545. The van der Waals surface area contributed by atoms with E-state index in [1.165, 1.54) is 16.4 Å². The van der Waals surface area contributed by atoms with E-state index in [0.717, 1.165) is 11.3 Å². The largest absolute Gasteiger partial charge is 0.481 e. The first kappa shape index (κ1) is 14.4. The lowest BCUT2D eigenvalue weighted by Gasteiger charge is -2.28. The van der Waals surface area contributed by atoms with Gasteiger partial charge in [0.05, 0.1) is 12.5 Å². The zero-order valence-corrected chi connectivity index (χ0v) is 11.8. The molecule has 106 valence electrons. The van der Waals surface area contributed by atoms with Gasteiger partial charge in [0.25, 0.3) is 10.0 Å². The van der Waals surface area contributed by atoms with E-state index >= 15 is 0 Å². The van der Waals surface area contributed by atoms with E-state index < -0.39 is 22.1 Å². The smallest absolute Gasteiger partial charge is 0.308 e. The van der Waals surface area contributed by atoms with Crippen molar-refractivity contribution in [2.24, 2.45) is 0 Å². The average Bonchev–Trinajstić information content (AvgIpc) is 2.78. The van der Waals surface area contributed by atoms with Crippen LogP contribution in [0.5, 0.6) is 0 Å². The average molecular weight is 305 g/mol. The third kappa shape index (κ3) is 3.33. The third-order valence-corrected chi connectivity index (χ3v) is 6.43. The number of aliphatic hydroxyl groups excluding tert-OH is 1. The Balaban J connectivity index is 2.15. The lowest BCUT2D eigenvalue weighted by Crippen LogP contribution is -2.39. The molecule has 0 aromatic carbocycles. The lowest BCUT2D eigenvalue weighted by molar-refractivity contribution is -0.136. The number of aliphatic hydroxyl groups is 1. The molecule has 0 saturated carbocycles. The van der Waals surface area contributed by atoms with Crippen LogP contribution >= 0.6 is 11.3 Å². The number of carboxylic acid groups (broad SMARTS) is 1. The molecule has 0 bridgehead atoms. The molecule has 0 atom stereocenters. The van der Waals surface area contributed by atoms with Gasteiger partial charge >= 0.3 is 5.97 Å². The van der Waals surface area contributed by atoms with Crippen LogP contribution < -0.4 is 0 Å². The summed E-state index contributed by atoms with van der Waals surface area (Å²) >= 11 is 0.990. The molecule has 0 radical (unpaired) electrons. The molecule has 2 heterocycles. The van der Waals surface area contributed by atoms with Crippen LogP contribution in [0.3, 0.4) is 0 Å². The maximum absolute atomic E-state index is 12.3. The van der Waals surface area contributed by atoms with Crippen LogP contribution in [0.1, 0.15) is 17.7 Å². The standard InChI is InChI=1S/C11H15NO5S2/c13-8-3-5-12(6-4-8)19(16,17)11-2-1-9(18-11)7-10(14)15/h1-2,8,13H,3-7H2,(H,14,15). The highest BCUT2D eigenvalue weighted by atomic mass is 32.2. The number of hydrogen-bond acceptors (Lipinski definition) is 5. The highest BCUT2D eigenvalue weighted by Crippen LogP contribution is 2.27. The fourth-order valence-corrected chi connectivity index (χ4v) is 4.92. The molecule has 6 nitrogen and oxygen atoms in total. The minimum absolute atomic E-state index is 0.167. The zero-order valence-electron chi connectivity index (χ0n) is 10.2. The van der Waals surface area contributed by atoms with E-state index in [1.807, 2.05) is 0 Å². The van der Waals surface area contributed by atoms with Crippen molar-refractivity contribution < 1.29 is 23.4 Å². The van der Waals surface area contributed by atoms with Crippen LogP contribution in [-0.4, -0.2) is 48.1 Å². The minimum atomic E-state index is -3.55. The summed E-state index contributed by atoms with van der Waals surface area (Å²) in [6, 6.07) is 2.98. The number of nitrogens with zero attached hydrogens (tertiary/aromatic N) is 1. The molecule has 0 spiro atoms. The fourth-order valence-electron chi connectivity index (χ4n) is 1.95. The highest BCUT2D eigenvalue weighted by Gasteiger charge is 2.29. The van der Waals surface area contributed by atoms with Gasteiger partial charge in [-0.15, -0.1) is 11.3 Å². The Labute approximate surface area is 115 Å². The predicted octanol–water partition coefficient (Wildman–Crippen LogP) is 0.521. The molecule has 2 N–H and O–H groups in total. The molecular weight excluding hydrogens is 290 g/mol. The molecule has 2 rings (SSSR count). The summed E-state index contributed by atoms with van der Waals surface area (Å²) in [7, 11) is -3.55. The van der Waals surface area contributed by atoms with Gasteiger partial charge in [-0.05, 0) is 25.0 Å². The first-order valence-electron chi connectivity index (χ1n) is 5.88. The van der Waals surface area contributed by atoms with E-state index in [2.05, 4.69) is 0 Å². The molecule has 19 heavy (non-hydrogen) atoms. The van der Waals surface area contributed by atoms with Crippen LogP contribution in [-0.2, 0) is 21.2 Å². The first-order valence-corrected chi connectivity index (χ1v) is 8.14. The second kappa shape index (κ2) is 5.58. The second-order valence-electron chi connectivity index (χ2n) is 4.43. The Bertz CT molecular complexity index is 557. The number of thiophene rings is 1. The maximum atomic E-state index is 12.3. The summed E-state index contributed by atoms with van der Waals surface area (Å²) in [5.41, 5.74) is 0. The van der Waals surface area contributed by atoms with Crippen molar-refractivity contribution >= 4 is 27.3 Å². The normalized spacial score (nSPS) is 18.6. The Morgan fingerprint density at radius 1 is 1.37 bits per heavy atom. The number of sulfonamides is 1. The molecule has 1 aromatic rings. The quantitative estimate of drug-likeness (QED) is 0.845. The molecule has 0 unspecified atom stereocenters. The molecule has 1 aliphatic rings. The number of hydrogen-bond donors (Lipinski definition) is 2. The molecule has 1 fully saturated rings. The predicted molar refractivity (Wildman–Crippen MR) is 69.7 cm³/mol. The van der Waals surface area contributed by atoms with Crippen molar-refractivity contribution in [1.29, 1.82) is 0 Å². The van der Waals surface area contributed by atoms with Crippen molar-refractivity contribution in [3.8, 4) is 0 Å². The van der Waals surface area contributed by atoms with E-state index in [0.29, 0.717) is 30.8 Å². The van der Waals surface area contributed by atoms with Gasteiger partial charge in [-0.1, -0.05) is 0 Å². The zero-order chi connectivity index (χ0) is 14.0. The van der Waals surface area contributed by atoms with Gasteiger partial charge in [0, 0.05) is 18.0 Å². The molecule has 1 saturated heterocycles. The molecule has 1 aromatic heterocycles. The number of carboxylic acids is 1. The molecular formula is C11H15NO5S2. The van der Waals surface area contributed by atoms with Crippen molar-refractivity contribution in [2.45, 2.75) is 29.6 Å². The number of piperidine rings is 1. The van der Waals surface area contributed by atoms with Gasteiger partial charge in [-0.25, -0.2) is 8.42 Å². The van der Waals surface area contributed by atoms with Gasteiger partial charge in [0.15, 0.2) is 0 Å². The topological polar surface area (TPSA) is 94.9 Å². The SMILES string of the molecule is O=C(O)Cc1ccc(S(=O)(=O)N2CCC(O)CC2)s1. The first-order chi connectivity index (χ1) is 8.89. The van der Waals surface area contributed by atoms with Gasteiger partial charge in [0.1, 0.15) is 4.21 Å². The molecule has 8 heteroatoms. The summed E-state index contributed by atoms with van der Waals surface area (Å²) < 4.78 is 26.1. The van der Waals surface area contributed by atoms with E-state index in [9.17, 15) is 18.3 Å². The van der Waals surface area contributed by atoms with Crippen LogP contribution in [0, 0.1) is 0 Å². The van der Waals surface area contributed by atoms with Crippen LogP contribution in [0.25, 0.3) is 0 Å². The van der Waals surface area contributed by atoms with E-state index in [1.54, 1.807) is 0 Å². The van der Waals surface area contributed by atoms with Crippen LogP contribution in [0.2, 0.25) is 0 Å². The Kier molecular flexibility index (Phi) is 4.24. The van der Waals surface area contributed by atoms with Crippen LogP contribution in [0.4, 0.5) is 0 Å². The van der Waals surface area contributed by atoms with Crippen molar-refractivity contribution in [3.63, 3.8) is 0 Å². The molecule has 0 amide bonds. The third-order valence-electron chi connectivity index (χ3n) is 2.98. The number of carbonyl (C=O) groups is 1. The Morgan fingerprint density at radius 3 is 2.58 bits per heavy atom. The van der Waals surface area contributed by atoms with Crippen LogP contribution in [0.15, 0.2) is 16.3 Å². The second-order valence-corrected chi connectivity index (χ2v) is 7.76. The number of aliphatic carboxylic acids is 1. The lowest BCUT2D eigenvalue weighted by atomic mass is 10.1. The minimum Gasteiger partial charge on any atom is -0.481 e. The van der Waals surface area contributed by atoms with E-state index in [-0.39, 0.29) is 10.6 Å². The summed E-state index contributed by atoms with van der Waals surface area (Å²) in [5.74, 6) is -0.980. The Hall–Kier alpha value is -0.960. The summed E-state index contributed by atoms with van der Waals surface area (Å²) in [6.45, 7) is 0.603. The van der Waals surface area contributed by atoms with Gasteiger partial charge in [-0.3, -0.25) is 4.79 Å². The van der Waals surface area contributed by atoms with Crippen molar-refractivity contribution in [2.75, 3.05) is 13.1 Å². The molecule has 1 aliphatic heterocycles. The van der Waals surface area contributed by atoms with Crippen molar-refractivity contribution in [1.82, 2.24) is 4.31 Å². The Morgan fingerprint density at radius 2 is 2.00 bits per heavy atom. The maximum Gasteiger partial charge on any atom is 0.308 e. The summed E-state index contributed by atoms with van der Waals surface area (Å²) in [6.07, 6.45) is 0.273. The molecule has 0 aliphatic carbocycles. The van der Waals surface area contributed by atoms with Gasteiger partial charge in [0.2, 0.25) is 0 Å². The summed E-state index contributed by atoms with van der Waals surface area (Å²) in [5, 5.41) is 18.1.